The van der Waals surface area contributed by atoms with Crippen LogP contribution in [0.15, 0.2) is 29.2 Å². The molecule has 2 aliphatic heterocycles. The lowest BCUT2D eigenvalue weighted by atomic mass is 9.78. The summed E-state index contributed by atoms with van der Waals surface area (Å²) >= 11 is 0. The zero-order valence-corrected chi connectivity index (χ0v) is 12.9. The molecule has 2 aliphatic rings. The second kappa shape index (κ2) is 5.10. The monoisotopic (exact) mass is 308 g/mol. The van der Waals surface area contributed by atoms with Gasteiger partial charge in [-0.1, -0.05) is 0 Å². The minimum Gasteiger partial charge on any atom is -0.317 e. The van der Waals surface area contributed by atoms with Crippen LogP contribution in [0.2, 0.25) is 0 Å². The third kappa shape index (κ3) is 2.58. The van der Waals surface area contributed by atoms with E-state index in [4.69, 9.17) is 0 Å². The molecule has 5 nitrogen and oxygen atoms in total. The van der Waals surface area contributed by atoms with E-state index < -0.39 is 9.84 Å². The summed E-state index contributed by atoms with van der Waals surface area (Å²) < 4.78 is 23.0. The van der Waals surface area contributed by atoms with Crippen molar-refractivity contribution in [3.63, 3.8) is 0 Å². The Morgan fingerprint density at radius 2 is 1.71 bits per heavy atom. The number of piperidine rings is 1. The van der Waals surface area contributed by atoms with Crippen molar-refractivity contribution in [1.82, 2.24) is 5.32 Å². The molecular weight excluding hydrogens is 288 g/mol. The molecule has 6 heteroatoms. The molecule has 0 aromatic heterocycles. The average Bonchev–Trinajstić information content (AvgIpc) is 2.76. The number of hydrogen-bond donors (Lipinski definition) is 1. The topological polar surface area (TPSA) is 66.5 Å². The van der Waals surface area contributed by atoms with Gasteiger partial charge in [0, 0.05) is 18.5 Å². The molecule has 1 amide bonds. The molecule has 0 saturated carbocycles. The molecule has 0 radical (unpaired) electrons. The number of anilines is 1. The fourth-order valence-corrected chi connectivity index (χ4v) is 3.94. The van der Waals surface area contributed by atoms with Crippen molar-refractivity contribution in [2.45, 2.75) is 24.2 Å². The Kier molecular flexibility index (Phi) is 3.53. The predicted octanol–water partition coefficient (Wildman–Crippen LogP) is 1.20. The molecule has 0 bridgehead atoms. The number of amides is 1. The van der Waals surface area contributed by atoms with Gasteiger partial charge in [-0.15, -0.1) is 0 Å². The Morgan fingerprint density at radius 3 is 2.29 bits per heavy atom. The molecule has 21 heavy (non-hydrogen) atoms. The minimum atomic E-state index is -3.20. The number of carbonyl (C=O) groups excluding carboxylic acids is 1. The highest BCUT2D eigenvalue weighted by Gasteiger charge is 2.47. The summed E-state index contributed by atoms with van der Waals surface area (Å²) in [6.45, 7) is 2.51. The molecule has 0 aliphatic carbocycles. The molecule has 0 atom stereocenters. The van der Waals surface area contributed by atoms with Gasteiger partial charge in [0.1, 0.15) is 0 Å². The van der Waals surface area contributed by atoms with Crippen LogP contribution in [0.3, 0.4) is 0 Å². The van der Waals surface area contributed by atoms with Crippen molar-refractivity contribution in [1.29, 1.82) is 0 Å². The molecule has 1 aromatic carbocycles. The van der Waals surface area contributed by atoms with E-state index >= 15 is 0 Å². The summed E-state index contributed by atoms with van der Waals surface area (Å²) in [5.41, 5.74) is 0.587. The van der Waals surface area contributed by atoms with Gasteiger partial charge in [-0.3, -0.25) is 4.79 Å². The van der Waals surface area contributed by atoms with Crippen LogP contribution in [0.1, 0.15) is 19.3 Å². The van der Waals surface area contributed by atoms with Crippen molar-refractivity contribution in [2.75, 3.05) is 30.8 Å². The Morgan fingerprint density at radius 1 is 1.10 bits per heavy atom. The molecular formula is C15H20N2O3S. The fourth-order valence-electron chi connectivity index (χ4n) is 3.31. The second-order valence-corrected chi connectivity index (χ2v) is 8.02. The van der Waals surface area contributed by atoms with Crippen molar-refractivity contribution in [3.8, 4) is 0 Å². The minimum absolute atomic E-state index is 0.191. The number of benzene rings is 1. The third-order valence-corrected chi connectivity index (χ3v) is 5.78. The lowest BCUT2D eigenvalue weighted by Gasteiger charge is -2.32. The van der Waals surface area contributed by atoms with Gasteiger partial charge in [0.25, 0.3) is 0 Å². The number of nitrogens with zero attached hydrogens (tertiary/aromatic N) is 1. The van der Waals surface area contributed by atoms with E-state index in [0.29, 0.717) is 0 Å². The van der Waals surface area contributed by atoms with E-state index in [1.165, 1.54) is 6.26 Å². The van der Waals surface area contributed by atoms with E-state index in [1.807, 2.05) is 0 Å². The molecule has 114 valence electrons. The zero-order valence-electron chi connectivity index (χ0n) is 12.1. The molecule has 1 N–H and O–H groups in total. The average molecular weight is 308 g/mol. The molecule has 3 rings (SSSR count). The van der Waals surface area contributed by atoms with E-state index in [9.17, 15) is 13.2 Å². The molecule has 2 heterocycles. The van der Waals surface area contributed by atoms with Gasteiger partial charge in [0.15, 0.2) is 9.84 Å². The van der Waals surface area contributed by atoms with Crippen LogP contribution in [0.4, 0.5) is 5.69 Å². The van der Waals surface area contributed by atoms with Crippen LogP contribution in [0.25, 0.3) is 0 Å². The summed E-state index contributed by atoms with van der Waals surface area (Å²) in [5.74, 6) is 0.191. The quantitative estimate of drug-likeness (QED) is 0.891. The Labute approximate surface area is 125 Å². The largest absolute Gasteiger partial charge is 0.317 e. The van der Waals surface area contributed by atoms with Crippen LogP contribution in [-0.4, -0.2) is 40.2 Å². The van der Waals surface area contributed by atoms with Crippen LogP contribution < -0.4 is 10.2 Å². The number of rotatable bonds is 2. The van der Waals surface area contributed by atoms with Gasteiger partial charge in [0.05, 0.1) is 10.3 Å². The highest BCUT2D eigenvalue weighted by Crippen LogP contribution is 2.41. The zero-order chi connectivity index (χ0) is 15.1. The SMILES string of the molecule is CS(=O)(=O)c1ccc(N2CCC3(CCNCC3)C2=O)cc1. The molecule has 2 saturated heterocycles. The summed E-state index contributed by atoms with van der Waals surface area (Å²) in [4.78, 5) is 14.8. The normalized spacial score (nSPS) is 22.0. The van der Waals surface area contributed by atoms with Crippen molar-refractivity contribution >= 4 is 21.4 Å². The standard InChI is InChI=1S/C15H20N2O3S/c1-21(19,20)13-4-2-12(3-5-13)17-11-8-15(14(17)18)6-9-16-10-7-15/h2-5,16H,6-11H2,1H3. The van der Waals surface area contributed by atoms with Crippen molar-refractivity contribution in [2.24, 2.45) is 5.41 Å². The van der Waals surface area contributed by atoms with Crippen LogP contribution in [0.5, 0.6) is 0 Å². The Balaban J connectivity index is 1.83. The van der Waals surface area contributed by atoms with Crippen LogP contribution >= 0.6 is 0 Å². The van der Waals surface area contributed by atoms with Crippen molar-refractivity contribution in [3.05, 3.63) is 24.3 Å². The van der Waals surface area contributed by atoms with Gasteiger partial charge in [-0.25, -0.2) is 8.42 Å². The van der Waals surface area contributed by atoms with Gasteiger partial charge in [0.2, 0.25) is 5.91 Å². The molecule has 2 fully saturated rings. The first-order valence-electron chi connectivity index (χ1n) is 7.25. The summed E-state index contributed by atoms with van der Waals surface area (Å²) in [5, 5.41) is 3.30. The smallest absolute Gasteiger partial charge is 0.233 e. The lowest BCUT2D eigenvalue weighted by molar-refractivity contribution is -0.126. The summed E-state index contributed by atoms with van der Waals surface area (Å²) in [6, 6.07) is 6.61. The van der Waals surface area contributed by atoms with E-state index in [1.54, 1.807) is 29.2 Å². The molecule has 0 unspecified atom stereocenters. The van der Waals surface area contributed by atoms with E-state index in [-0.39, 0.29) is 16.2 Å². The van der Waals surface area contributed by atoms with Gasteiger partial charge in [-0.05, 0) is 56.6 Å². The Bertz CT molecular complexity index is 646. The number of hydrogen-bond acceptors (Lipinski definition) is 4. The first-order chi connectivity index (χ1) is 9.92. The number of carbonyl (C=O) groups is 1. The maximum absolute atomic E-state index is 12.7. The first-order valence-corrected chi connectivity index (χ1v) is 9.14. The second-order valence-electron chi connectivity index (χ2n) is 6.00. The maximum Gasteiger partial charge on any atom is 0.233 e. The third-order valence-electron chi connectivity index (χ3n) is 4.65. The van der Waals surface area contributed by atoms with E-state index in [0.717, 1.165) is 44.6 Å². The highest BCUT2D eigenvalue weighted by atomic mass is 32.2. The van der Waals surface area contributed by atoms with Crippen LogP contribution in [0, 0.1) is 5.41 Å². The molecule has 1 spiro atoms. The fraction of sp³-hybridized carbons (Fsp3) is 0.533. The lowest BCUT2D eigenvalue weighted by Crippen LogP contribution is -2.42. The summed E-state index contributed by atoms with van der Waals surface area (Å²) in [7, 11) is -3.20. The van der Waals surface area contributed by atoms with Gasteiger partial charge in [-0.2, -0.15) is 0 Å². The predicted molar refractivity (Wildman–Crippen MR) is 81.1 cm³/mol. The first kappa shape index (κ1) is 14.5. The number of nitrogens with one attached hydrogen (secondary N) is 1. The van der Waals surface area contributed by atoms with Crippen LogP contribution in [-0.2, 0) is 14.6 Å². The number of sulfone groups is 1. The van der Waals surface area contributed by atoms with Gasteiger partial charge < -0.3 is 10.2 Å². The van der Waals surface area contributed by atoms with Crippen molar-refractivity contribution < 1.29 is 13.2 Å². The van der Waals surface area contributed by atoms with E-state index in [2.05, 4.69) is 5.32 Å². The Hall–Kier alpha value is -1.40. The van der Waals surface area contributed by atoms with Gasteiger partial charge >= 0.3 is 0 Å². The molecule has 1 aromatic rings. The maximum atomic E-state index is 12.7. The highest BCUT2D eigenvalue weighted by molar-refractivity contribution is 7.90. The summed E-state index contributed by atoms with van der Waals surface area (Å²) in [6.07, 6.45) is 3.86.